The first-order valence-corrected chi connectivity index (χ1v) is 10.4. The summed E-state index contributed by atoms with van der Waals surface area (Å²) in [6.45, 7) is 5.93. The first-order valence-electron chi connectivity index (χ1n) is 8.50. The van der Waals surface area contributed by atoms with E-state index in [0.29, 0.717) is 21.5 Å². The van der Waals surface area contributed by atoms with Crippen molar-refractivity contribution in [2.75, 3.05) is 18.2 Å². The summed E-state index contributed by atoms with van der Waals surface area (Å²) in [6, 6.07) is 3.58. The molecule has 0 saturated heterocycles. The van der Waals surface area contributed by atoms with Crippen LogP contribution < -0.4 is 5.32 Å². The Morgan fingerprint density at radius 2 is 2.14 bits per heavy atom. The van der Waals surface area contributed by atoms with Gasteiger partial charge in [0.2, 0.25) is 5.91 Å². The average Bonchev–Trinajstić information content (AvgIpc) is 3.38. The molecular weight excluding hydrogens is 400 g/mol. The van der Waals surface area contributed by atoms with E-state index in [-0.39, 0.29) is 17.7 Å². The van der Waals surface area contributed by atoms with Crippen molar-refractivity contribution in [3.8, 4) is 11.4 Å². The van der Waals surface area contributed by atoms with E-state index in [0.717, 1.165) is 11.3 Å². The molecule has 0 aliphatic carbocycles. The number of nitrogens with zero attached hydrogens (tertiary/aromatic N) is 3. The Hall–Kier alpha value is -2.59. The normalized spacial score (nSPS) is 11.0. The van der Waals surface area contributed by atoms with Crippen LogP contribution in [0.25, 0.3) is 11.4 Å². The van der Waals surface area contributed by atoms with Crippen LogP contribution in [0.1, 0.15) is 36.0 Å². The highest BCUT2D eigenvalue weighted by Crippen LogP contribution is 2.30. The SMILES string of the molecule is COC(=O)c1ccsc1NC(=O)CSc1nnc(-c2ccoc2C)n1C(C)C. The maximum Gasteiger partial charge on any atom is 0.340 e. The number of carbonyl (C=O) groups is 2. The molecule has 8 nitrogen and oxygen atoms in total. The molecule has 0 fully saturated rings. The van der Waals surface area contributed by atoms with Crippen molar-refractivity contribution < 1.29 is 18.7 Å². The summed E-state index contributed by atoms with van der Waals surface area (Å²) in [6.07, 6.45) is 1.62. The third-order valence-corrected chi connectivity index (χ3v) is 5.71. The molecule has 0 bridgehead atoms. The number of hydrogen-bond donors (Lipinski definition) is 1. The molecule has 0 unspecified atom stereocenters. The topological polar surface area (TPSA) is 99.2 Å². The summed E-state index contributed by atoms with van der Waals surface area (Å²) < 4.78 is 12.1. The summed E-state index contributed by atoms with van der Waals surface area (Å²) in [5.41, 5.74) is 1.22. The van der Waals surface area contributed by atoms with E-state index in [1.165, 1.54) is 30.2 Å². The lowest BCUT2D eigenvalue weighted by Gasteiger charge is -2.13. The van der Waals surface area contributed by atoms with Gasteiger partial charge in [-0.3, -0.25) is 9.36 Å². The lowest BCUT2D eigenvalue weighted by molar-refractivity contribution is -0.113. The highest BCUT2D eigenvalue weighted by Gasteiger charge is 2.21. The third kappa shape index (κ3) is 4.12. The Morgan fingerprint density at radius 3 is 2.79 bits per heavy atom. The van der Waals surface area contributed by atoms with E-state index in [1.807, 2.05) is 31.4 Å². The molecule has 0 aliphatic rings. The van der Waals surface area contributed by atoms with Gasteiger partial charge >= 0.3 is 5.97 Å². The van der Waals surface area contributed by atoms with Gasteiger partial charge in [0.15, 0.2) is 11.0 Å². The molecule has 28 heavy (non-hydrogen) atoms. The Balaban J connectivity index is 1.72. The highest BCUT2D eigenvalue weighted by atomic mass is 32.2. The van der Waals surface area contributed by atoms with Crippen LogP contribution in [0.5, 0.6) is 0 Å². The van der Waals surface area contributed by atoms with Crippen molar-refractivity contribution in [3.05, 3.63) is 35.1 Å². The lowest BCUT2D eigenvalue weighted by Crippen LogP contribution is -2.16. The number of aryl methyl sites for hydroxylation is 1. The number of ether oxygens (including phenoxy) is 1. The van der Waals surface area contributed by atoms with E-state index >= 15 is 0 Å². The molecule has 1 amide bonds. The zero-order chi connectivity index (χ0) is 20.3. The molecule has 3 aromatic heterocycles. The number of hydrogen-bond acceptors (Lipinski definition) is 8. The maximum absolute atomic E-state index is 12.4. The Kier molecular flexibility index (Phi) is 6.20. The third-order valence-electron chi connectivity index (χ3n) is 3.94. The van der Waals surface area contributed by atoms with Gasteiger partial charge in [-0.1, -0.05) is 11.8 Å². The second-order valence-corrected chi connectivity index (χ2v) is 8.01. The average molecular weight is 421 g/mol. The summed E-state index contributed by atoms with van der Waals surface area (Å²) in [5.74, 6) is 0.876. The van der Waals surface area contributed by atoms with Crippen molar-refractivity contribution in [2.24, 2.45) is 0 Å². The molecule has 3 heterocycles. The second kappa shape index (κ2) is 8.61. The minimum Gasteiger partial charge on any atom is -0.469 e. The van der Waals surface area contributed by atoms with Gasteiger partial charge in [0.05, 0.1) is 30.3 Å². The van der Waals surface area contributed by atoms with E-state index in [9.17, 15) is 9.59 Å². The first kappa shape index (κ1) is 20.2. The quantitative estimate of drug-likeness (QED) is 0.455. The monoisotopic (exact) mass is 420 g/mol. The number of rotatable bonds is 7. The number of esters is 1. The number of aromatic nitrogens is 3. The zero-order valence-electron chi connectivity index (χ0n) is 15.9. The number of nitrogens with one attached hydrogen (secondary N) is 1. The van der Waals surface area contributed by atoms with Crippen molar-refractivity contribution in [1.29, 1.82) is 0 Å². The first-order chi connectivity index (χ1) is 13.4. The minimum atomic E-state index is -0.483. The fourth-order valence-electron chi connectivity index (χ4n) is 2.61. The lowest BCUT2D eigenvalue weighted by atomic mass is 10.2. The van der Waals surface area contributed by atoms with Gasteiger partial charge < -0.3 is 14.5 Å². The van der Waals surface area contributed by atoms with Gasteiger partial charge in [0, 0.05) is 6.04 Å². The van der Waals surface area contributed by atoms with Gasteiger partial charge in [0.1, 0.15) is 10.8 Å². The second-order valence-electron chi connectivity index (χ2n) is 6.15. The van der Waals surface area contributed by atoms with E-state index in [2.05, 4.69) is 15.5 Å². The maximum atomic E-state index is 12.4. The number of carbonyl (C=O) groups excluding carboxylic acids is 2. The number of methoxy groups -OCH3 is 1. The summed E-state index contributed by atoms with van der Waals surface area (Å²) in [4.78, 5) is 24.1. The van der Waals surface area contributed by atoms with Crippen LogP contribution in [0.15, 0.2) is 33.3 Å². The molecule has 3 aromatic rings. The van der Waals surface area contributed by atoms with Crippen LogP contribution >= 0.6 is 23.1 Å². The number of thioether (sulfide) groups is 1. The standard InChI is InChI=1S/C18H20N4O4S2/c1-10(2)22-15(12-5-7-26-11(12)3)20-21-18(22)28-9-14(23)19-16-13(6-8-27-16)17(24)25-4/h5-8,10H,9H2,1-4H3,(H,19,23). The predicted molar refractivity (Wildman–Crippen MR) is 108 cm³/mol. The molecule has 3 rings (SSSR count). The fraction of sp³-hybridized carbons (Fsp3) is 0.333. The highest BCUT2D eigenvalue weighted by molar-refractivity contribution is 7.99. The number of anilines is 1. The van der Waals surface area contributed by atoms with Gasteiger partial charge in [-0.15, -0.1) is 21.5 Å². The van der Waals surface area contributed by atoms with Gasteiger partial charge in [-0.2, -0.15) is 0 Å². The molecule has 1 N–H and O–H groups in total. The predicted octanol–water partition coefficient (Wildman–Crippen LogP) is 4.01. The van der Waals surface area contributed by atoms with E-state index in [4.69, 9.17) is 9.15 Å². The van der Waals surface area contributed by atoms with Crippen LogP contribution in [0, 0.1) is 6.92 Å². The van der Waals surface area contributed by atoms with Gasteiger partial charge in [-0.05, 0) is 38.3 Å². The molecule has 10 heteroatoms. The van der Waals surface area contributed by atoms with Crippen molar-refractivity contribution >= 4 is 40.0 Å². The fourth-order valence-corrected chi connectivity index (χ4v) is 4.27. The van der Waals surface area contributed by atoms with E-state index < -0.39 is 5.97 Å². The molecule has 0 spiro atoms. The minimum absolute atomic E-state index is 0.105. The number of furan rings is 1. The smallest absolute Gasteiger partial charge is 0.340 e. The van der Waals surface area contributed by atoms with Crippen molar-refractivity contribution in [3.63, 3.8) is 0 Å². The molecule has 0 radical (unpaired) electrons. The number of amides is 1. The summed E-state index contributed by atoms with van der Waals surface area (Å²) in [5, 5.41) is 14.1. The molecule has 148 valence electrons. The Morgan fingerprint density at radius 1 is 1.36 bits per heavy atom. The van der Waals surface area contributed by atoms with Gasteiger partial charge in [0.25, 0.3) is 0 Å². The van der Waals surface area contributed by atoms with Crippen LogP contribution in [0.2, 0.25) is 0 Å². The molecule has 0 aliphatic heterocycles. The zero-order valence-corrected chi connectivity index (χ0v) is 17.5. The Bertz CT molecular complexity index is 990. The molecule has 0 aromatic carbocycles. The van der Waals surface area contributed by atoms with Crippen LogP contribution in [0.4, 0.5) is 5.00 Å². The molecular formula is C18H20N4O4S2. The molecule has 0 atom stereocenters. The van der Waals surface area contributed by atoms with E-state index in [1.54, 1.807) is 17.7 Å². The van der Waals surface area contributed by atoms with Crippen LogP contribution in [-0.4, -0.2) is 39.5 Å². The Labute approximate surface area is 170 Å². The molecule has 0 saturated carbocycles. The van der Waals surface area contributed by atoms with Crippen molar-refractivity contribution in [1.82, 2.24) is 14.8 Å². The summed E-state index contributed by atoms with van der Waals surface area (Å²) in [7, 11) is 1.31. The van der Waals surface area contributed by atoms with Crippen LogP contribution in [-0.2, 0) is 9.53 Å². The van der Waals surface area contributed by atoms with Crippen LogP contribution in [0.3, 0.4) is 0 Å². The van der Waals surface area contributed by atoms with Gasteiger partial charge in [-0.25, -0.2) is 4.79 Å². The summed E-state index contributed by atoms with van der Waals surface area (Å²) >= 11 is 2.55. The van der Waals surface area contributed by atoms with Crippen molar-refractivity contribution in [2.45, 2.75) is 32.0 Å². The number of thiophene rings is 1. The largest absolute Gasteiger partial charge is 0.469 e.